The van der Waals surface area contributed by atoms with Crippen LogP contribution in [0.25, 0.3) is 11.5 Å². The molecule has 1 heterocycles. The van der Waals surface area contributed by atoms with Gasteiger partial charge in [0.2, 0.25) is 11.8 Å². The fourth-order valence-corrected chi connectivity index (χ4v) is 2.67. The molecule has 3 rings (SSSR count). The number of aryl methyl sites for hydroxylation is 1. The van der Waals surface area contributed by atoms with Crippen LogP contribution in [-0.4, -0.2) is 24.0 Å². The second-order valence-corrected chi connectivity index (χ2v) is 6.21. The van der Waals surface area contributed by atoms with E-state index in [4.69, 9.17) is 16.0 Å². The molecule has 1 N–H and O–H groups in total. The van der Waals surface area contributed by atoms with E-state index in [2.05, 4.69) is 15.0 Å². The van der Waals surface area contributed by atoms with Gasteiger partial charge in [0.1, 0.15) is 5.76 Å². The zero-order chi connectivity index (χ0) is 19.4. The predicted molar refractivity (Wildman–Crippen MR) is 102 cm³/mol. The number of aromatic nitrogens is 1. The quantitative estimate of drug-likeness (QED) is 0.664. The predicted octanol–water partition coefficient (Wildman–Crippen LogP) is 4.27. The van der Waals surface area contributed by atoms with E-state index < -0.39 is 5.97 Å². The van der Waals surface area contributed by atoms with Crippen LogP contribution in [0.1, 0.15) is 21.8 Å². The highest BCUT2D eigenvalue weighted by Crippen LogP contribution is 2.25. The third-order valence-electron chi connectivity index (χ3n) is 3.90. The summed E-state index contributed by atoms with van der Waals surface area (Å²) in [5.74, 6) is 0.192. The molecule has 0 aliphatic carbocycles. The smallest absolute Gasteiger partial charge is 0.337 e. The molecule has 1 aromatic heterocycles. The largest absolute Gasteiger partial charge is 0.465 e. The molecule has 0 spiro atoms. The first-order valence-electron chi connectivity index (χ1n) is 8.17. The topological polar surface area (TPSA) is 81.4 Å². The summed E-state index contributed by atoms with van der Waals surface area (Å²) in [7, 11) is 1.28. The molecule has 0 atom stereocenters. The molecule has 0 bridgehead atoms. The summed E-state index contributed by atoms with van der Waals surface area (Å²) < 4.78 is 10.3. The van der Waals surface area contributed by atoms with E-state index in [9.17, 15) is 9.59 Å². The van der Waals surface area contributed by atoms with Gasteiger partial charge in [-0.15, -0.1) is 0 Å². The molecule has 138 valence electrons. The van der Waals surface area contributed by atoms with Crippen LogP contribution in [0.4, 0.5) is 5.69 Å². The van der Waals surface area contributed by atoms with Gasteiger partial charge in [-0.3, -0.25) is 4.79 Å². The zero-order valence-corrected chi connectivity index (χ0v) is 15.5. The number of anilines is 1. The summed E-state index contributed by atoms with van der Waals surface area (Å²) in [4.78, 5) is 28.5. The van der Waals surface area contributed by atoms with Gasteiger partial charge < -0.3 is 14.5 Å². The molecule has 7 heteroatoms. The van der Waals surface area contributed by atoms with Crippen LogP contribution in [0.3, 0.4) is 0 Å². The van der Waals surface area contributed by atoms with E-state index in [0.29, 0.717) is 33.6 Å². The van der Waals surface area contributed by atoms with Gasteiger partial charge in [-0.05, 0) is 37.3 Å². The highest BCUT2D eigenvalue weighted by molar-refractivity contribution is 6.33. The van der Waals surface area contributed by atoms with E-state index in [1.165, 1.54) is 25.3 Å². The monoisotopic (exact) mass is 384 g/mol. The lowest BCUT2D eigenvalue weighted by molar-refractivity contribution is -0.115. The minimum atomic E-state index is -0.512. The second kappa shape index (κ2) is 8.05. The number of ether oxygens (including phenoxy) is 1. The number of nitrogens with zero attached hydrogens (tertiary/aromatic N) is 1. The van der Waals surface area contributed by atoms with E-state index in [1.807, 2.05) is 30.3 Å². The van der Waals surface area contributed by atoms with Gasteiger partial charge in [-0.1, -0.05) is 29.8 Å². The van der Waals surface area contributed by atoms with Crippen molar-refractivity contribution in [3.63, 3.8) is 0 Å². The van der Waals surface area contributed by atoms with E-state index in [-0.39, 0.29) is 12.3 Å². The maximum atomic E-state index is 12.4. The Morgan fingerprint density at radius 1 is 1.19 bits per heavy atom. The van der Waals surface area contributed by atoms with Crippen molar-refractivity contribution in [2.24, 2.45) is 0 Å². The molecule has 2 aromatic carbocycles. The number of hydrogen-bond acceptors (Lipinski definition) is 5. The number of esters is 1. The van der Waals surface area contributed by atoms with Crippen LogP contribution in [-0.2, 0) is 16.0 Å². The maximum Gasteiger partial charge on any atom is 0.337 e. The van der Waals surface area contributed by atoms with Crippen molar-refractivity contribution < 1.29 is 18.7 Å². The molecular weight excluding hydrogens is 368 g/mol. The maximum absolute atomic E-state index is 12.4. The summed E-state index contributed by atoms with van der Waals surface area (Å²) in [5, 5.41) is 3.01. The first-order valence-corrected chi connectivity index (χ1v) is 8.55. The van der Waals surface area contributed by atoms with Crippen molar-refractivity contribution in [2.45, 2.75) is 13.3 Å². The second-order valence-electron chi connectivity index (χ2n) is 5.80. The summed E-state index contributed by atoms with van der Waals surface area (Å²) in [6.07, 6.45) is 0.0148. The number of halogens is 1. The van der Waals surface area contributed by atoms with Gasteiger partial charge in [0.25, 0.3) is 0 Å². The Bertz CT molecular complexity index is 983. The van der Waals surface area contributed by atoms with Crippen LogP contribution in [0.15, 0.2) is 52.9 Å². The molecule has 0 saturated carbocycles. The molecule has 0 fully saturated rings. The number of hydrogen-bond donors (Lipinski definition) is 1. The number of carbonyl (C=O) groups is 2. The molecular formula is C20H17ClN2O4. The highest BCUT2D eigenvalue weighted by atomic mass is 35.5. The fourth-order valence-electron chi connectivity index (χ4n) is 2.51. The van der Waals surface area contributed by atoms with Crippen molar-refractivity contribution in [1.82, 2.24) is 4.98 Å². The molecule has 0 radical (unpaired) electrons. The van der Waals surface area contributed by atoms with Crippen LogP contribution in [0.5, 0.6) is 0 Å². The molecule has 1 amide bonds. The van der Waals surface area contributed by atoms with Crippen LogP contribution >= 0.6 is 11.6 Å². The first kappa shape index (κ1) is 18.7. The molecule has 0 unspecified atom stereocenters. The van der Waals surface area contributed by atoms with Crippen LogP contribution in [0.2, 0.25) is 5.02 Å². The fraction of sp³-hybridized carbons (Fsp3) is 0.150. The van der Waals surface area contributed by atoms with E-state index in [1.54, 1.807) is 6.92 Å². The van der Waals surface area contributed by atoms with Gasteiger partial charge in [-0.25, -0.2) is 9.78 Å². The SMILES string of the molecule is COC(=O)c1ccc(Cl)c(NC(=O)Cc2nc(-c3ccccc3)oc2C)c1. The third kappa shape index (κ3) is 4.35. The van der Waals surface area contributed by atoms with Crippen LogP contribution in [0, 0.1) is 6.92 Å². The lowest BCUT2D eigenvalue weighted by atomic mass is 10.2. The zero-order valence-electron chi connectivity index (χ0n) is 14.8. The van der Waals surface area contributed by atoms with E-state index in [0.717, 1.165) is 5.56 Å². The molecule has 3 aromatic rings. The Hall–Kier alpha value is -3.12. The third-order valence-corrected chi connectivity index (χ3v) is 4.23. The normalized spacial score (nSPS) is 10.5. The highest BCUT2D eigenvalue weighted by Gasteiger charge is 2.16. The first-order chi connectivity index (χ1) is 13.0. The van der Waals surface area contributed by atoms with E-state index >= 15 is 0 Å². The molecule has 0 aliphatic rings. The summed E-state index contributed by atoms with van der Waals surface area (Å²) >= 11 is 6.11. The minimum absolute atomic E-state index is 0.0148. The number of carbonyl (C=O) groups excluding carboxylic acids is 2. The Morgan fingerprint density at radius 3 is 2.63 bits per heavy atom. The minimum Gasteiger partial charge on any atom is -0.465 e. The summed E-state index contributed by atoms with van der Waals surface area (Å²) in [5.41, 5.74) is 1.99. The lowest BCUT2D eigenvalue weighted by Gasteiger charge is -2.08. The Labute approximate surface area is 161 Å². The van der Waals surface area contributed by atoms with Crippen LogP contribution < -0.4 is 5.32 Å². The Morgan fingerprint density at radius 2 is 1.93 bits per heavy atom. The standard InChI is InChI=1S/C20H17ClN2O4/c1-12-16(23-19(27-12)13-6-4-3-5-7-13)11-18(24)22-17-10-14(20(25)26-2)8-9-15(17)21/h3-10H,11H2,1-2H3,(H,22,24). The number of nitrogens with one attached hydrogen (secondary N) is 1. The number of methoxy groups -OCH3 is 1. The van der Waals surface area contributed by atoms with Gasteiger partial charge in [0.05, 0.1) is 35.5 Å². The van der Waals surface area contributed by atoms with Crippen molar-refractivity contribution in [2.75, 3.05) is 12.4 Å². The number of benzene rings is 2. The molecule has 6 nitrogen and oxygen atoms in total. The Balaban J connectivity index is 1.75. The van der Waals surface area contributed by atoms with Gasteiger partial charge in [0.15, 0.2) is 0 Å². The van der Waals surface area contributed by atoms with Gasteiger partial charge >= 0.3 is 5.97 Å². The van der Waals surface area contributed by atoms with Crippen molar-refractivity contribution in [1.29, 1.82) is 0 Å². The lowest BCUT2D eigenvalue weighted by Crippen LogP contribution is -2.16. The molecule has 27 heavy (non-hydrogen) atoms. The van der Waals surface area contributed by atoms with Crippen molar-refractivity contribution in [3.8, 4) is 11.5 Å². The van der Waals surface area contributed by atoms with Crippen molar-refractivity contribution in [3.05, 3.63) is 70.6 Å². The van der Waals surface area contributed by atoms with Crippen molar-refractivity contribution >= 4 is 29.2 Å². The van der Waals surface area contributed by atoms with Gasteiger partial charge in [-0.2, -0.15) is 0 Å². The average Bonchev–Trinajstić information content (AvgIpc) is 3.04. The molecule has 0 saturated heterocycles. The molecule has 0 aliphatic heterocycles. The number of rotatable bonds is 5. The summed E-state index contributed by atoms with van der Waals surface area (Å²) in [6, 6.07) is 14.0. The van der Waals surface area contributed by atoms with Gasteiger partial charge in [0, 0.05) is 5.56 Å². The number of amides is 1. The summed E-state index contributed by atoms with van der Waals surface area (Å²) in [6.45, 7) is 1.76. The number of oxazole rings is 1. The Kier molecular flexibility index (Phi) is 5.57. The average molecular weight is 385 g/mol.